The predicted molar refractivity (Wildman–Crippen MR) is 69.1 cm³/mol. The molecular weight excluding hydrogens is 244 g/mol. The zero-order valence-corrected chi connectivity index (χ0v) is 10.5. The van der Waals surface area contributed by atoms with E-state index in [1.807, 2.05) is 12.1 Å². The Labute approximate surface area is 109 Å². The third kappa shape index (κ3) is 2.19. The summed E-state index contributed by atoms with van der Waals surface area (Å²) in [6.07, 6.45) is 2.02. The van der Waals surface area contributed by atoms with Gasteiger partial charge in [-0.25, -0.2) is 0 Å². The normalized spacial score (nSPS) is 14.4. The van der Waals surface area contributed by atoms with E-state index >= 15 is 0 Å². The number of nitrogens with one attached hydrogen (secondary N) is 2. The van der Waals surface area contributed by atoms with E-state index in [1.165, 1.54) is 0 Å². The summed E-state index contributed by atoms with van der Waals surface area (Å²) in [4.78, 5) is 12.0. The maximum Gasteiger partial charge on any atom is 0.257 e. The summed E-state index contributed by atoms with van der Waals surface area (Å²) in [6, 6.07) is 7.33. The summed E-state index contributed by atoms with van der Waals surface area (Å²) in [5.74, 6) is 0.307. The second kappa shape index (κ2) is 4.42. The lowest BCUT2D eigenvalue weighted by molar-refractivity contribution is 0.0946. The smallest absolute Gasteiger partial charge is 0.257 e. The predicted octanol–water partition coefficient (Wildman–Crippen LogP) is 1.81. The molecule has 19 heavy (non-hydrogen) atoms. The molecular formula is C14H14N2O3. The highest BCUT2D eigenvalue weighted by Gasteiger charge is 2.25. The van der Waals surface area contributed by atoms with Crippen molar-refractivity contribution in [3.63, 3.8) is 0 Å². The molecule has 1 aromatic carbocycles. The van der Waals surface area contributed by atoms with Crippen molar-refractivity contribution < 1.29 is 13.9 Å². The van der Waals surface area contributed by atoms with Crippen molar-refractivity contribution in [2.75, 3.05) is 7.11 Å². The van der Waals surface area contributed by atoms with Crippen LogP contribution in [-0.2, 0) is 0 Å². The van der Waals surface area contributed by atoms with Crippen LogP contribution < -0.4 is 15.6 Å². The Morgan fingerprint density at radius 3 is 2.95 bits per heavy atom. The Morgan fingerprint density at radius 1 is 1.47 bits per heavy atom. The number of para-hydroxylation sites is 1. The van der Waals surface area contributed by atoms with Crippen LogP contribution in [0.25, 0.3) is 11.0 Å². The number of carbonyl (C=O) groups is 1. The molecule has 0 radical (unpaired) electrons. The van der Waals surface area contributed by atoms with Crippen molar-refractivity contribution >= 4 is 16.9 Å². The quantitative estimate of drug-likeness (QED) is 0.881. The molecule has 5 heteroatoms. The lowest BCUT2D eigenvalue weighted by atomic mass is 10.1. The number of ether oxygens (including phenoxy) is 1. The first-order valence-corrected chi connectivity index (χ1v) is 6.15. The molecule has 0 aliphatic heterocycles. The van der Waals surface area contributed by atoms with Gasteiger partial charge in [-0.1, -0.05) is 12.1 Å². The second-order valence-corrected chi connectivity index (χ2v) is 4.62. The van der Waals surface area contributed by atoms with Crippen LogP contribution in [0, 0.1) is 5.41 Å². The summed E-state index contributed by atoms with van der Waals surface area (Å²) >= 11 is 0. The average molecular weight is 258 g/mol. The Kier molecular flexibility index (Phi) is 2.74. The van der Waals surface area contributed by atoms with Gasteiger partial charge < -0.3 is 14.5 Å². The first kappa shape index (κ1) is 11.8. The Hall–Kier alpha value is -2.30. The molecule has 0 atom stereocenters. The summed E-state index contributed by atoms with van der Waals surface area (Å²) in [5, 5.41) is 11.4. The lowest BCUT2D eigenvalue weighted by Crippen LogP contribution is -2.29. The fraction of sp³-hybridized carbons (Fsp3) is 0.286. The zero-order chi connectivity index (χ0) is 13.4. The molecule has 1 aliphatic rings. The molecule has 0 unspecified atom stereocenters. The van der Waals surface area contributed by atoms with E-state index < -0.39 is 0 Å². The van der Waals surface area contributed by atoms with Gasteiger partial charge >= 0.3 is 0 Å². The minimum absolute atomic E-state index is 0.143. The Balaban J connectivity index is 2.08. The molecule has 1 amide bonds. The first-order chi connectivity index (χ1) is 9.19. The van der Waals surface area contributed by atoms with E-state index in [9.17, 15) is 4.79 Å². The van der Waals surface area contributed by atoms with Crippen LogP contribution in [0.5, 0.6) is 5.75 Å². The largest absolute Gasteiger partial charge is 0.493 e. The van der Waals surface area contributed by atoms with Crippen molar-refractivity contribution in [3.8, 4) is 5.75 Å². The molecule has 0 saturated heterocycles. The minimum atomic E-state index is -0.249. The van der Waals surface area contributed by atoms with Crippen LogP contribution in [0.1, 0.15) is 23.2 Å². The highest BCUT2D eigenvalue weighted by Crippen LogP contribution is 2.25. The van der Waals surface area contributed by atoms with Gasteiger partial charge in [0.05, 0.1) is 7.11 Å². The van der Waals surface area contributed by atoms with Crippen LogP contribution in [0.3, 0.4) is 0 Å². The van der Waals surface area contributed by atoms with Crippen LogP contribution >= 0.6 is 0 Å². The molecule has 1 aromatic heterocycles. The number of fused-ring (bicyclic) bond motifs is 1. The number of hydrogen-bond acceptors (Lipinski definition) is 4. The van der Waals surface area contributed by atoms with Gasteiger partial charge in [-0.15, -0.1) is 0 Å². The van der Waals surface area contributed by atoms with E-state index in [-0.39, 0.29) is 23.1 Å². The van der Waals surface area contributed by atoms with Crippen molar-refractivity contribution in [1.29, 1.82) is 5.41 Å². The van der Waals surface area contributed by atoms with Gasteiger partial charge in [-0.3, -0.25) is 10.2 Å². The number of benzene rings is 1. The summed E-state index contributed by atoms with van der Waals surface area (Å²) in [7, 11) is 1.54. The van der Waals surface area contributed by atoms with Crippen molar-refractivity contribution in [3.05, 3.63) is 35.4 Å². The number of methoxy groups -OCH3 is 1. The van der Waals surface area contributed by atoms with Gasteiger partial charge in [0.1, 0.15) is 5.56 Å². The third-order valence-electron chi connectivity index (χ3n) is 3.14. The molecule has 0 bridgehead atoms. The molecule has 3 rings (SSSR count). The molecule has 1 fully saturated rings. The van der Waals surface area contributed by atoms with Gasteiger partial charge in [-0.2, -0.15) is 0 Å². The molecule has 1 aliphatic carbocycles. The SMILES string of the molecule is COc1cccc2cc(C(=O)NC3CC3)c(=N)oc12. The van der Waals surface area contributed by atoms with Gasteiger partial charge in [0.2, 0.25) is 5.55 Å². The van der Waals surface area contributed by atoms with E-state index in [0.717, 1.165) is 18.2 Å². The number of rotatable bonds is 3. The number of carbonyl (C=O) groups excluding carboxylic acids is 1. The number of hydrogen-bond donors (Lipinski definition) is 2. The fourth-order valence-electron chi connectivity index (χ4n) is 1.95. The van der Waals surface area contributed by atoms with Crippen LogP contribution in [0.4, 0.5) is 0 Å². The lowest BCUT2D eigenvalue weighted by Gasteiger charge is -2.07. The maximum atomic E-state index is 12.0. The number of amides is 1. The van der Waals surface area contributed by atoms with Gasteiger partial charge in [0.25, 0.3) is 5.91 Å². The van der Waals surface area contributed by atoms with Crippen molar-refractivity contribution in [2.45, 2.75) is 18.9 Å². The van der Waals surface area contributed by atoms with Gasteiger partial charge in [0.15, 0.2) is 11.3 Å². The van der Waals surface area contributed by atoms with Crippen LogP contribution in [-0.4, -0.2) is 19.1 Å². The third-order valence-corrected chi connectivity index (χ3v) is 3.14. The molecule has 5 nitrogen and oxygen atoms in total. The molecule has 1 heterocycles. The van der Waals surface area contributed by atoms with E-state index in [2.05, 4.69) is 5.32 Å². The average Bonchev–Trinajstić information content (AvgIpc) is 3.21. The van der Waals surface area contributed by atoms with Crippen LogP contribution in [0.15, 0.2) is 28.7 Å². The van der Waals surface area contributed by atoms with Crippen LogP contribution in [0.2, 0.25) is 0 Å². The zero-order valence-electron chi connectivity index (χ0n) is 10.5. The molecule has 0 spiro atoms. The maximum absolute atomic E-state index is 12.0. The van der Waals surface area contributed by atoms with E-state index in [0.29, 0.717) is 11.3 Å². The molecule has 1 saturated carbocycles. The highest BCUT2D eigenvalue weighted by molar-refractivity contribution is 5.97. The standard InChI is InChI=1S/C14H14N2O3/c1-18-11-4-2-3-8-7-10(13(15)19-12(8)11)14(17)16-9-5-6-9/h2-4,7,9,15H,5-6H2,1H3,(H,16,17). The van der Waals surface area contributed by atoms with Gasteiger partial charge in [0, 0.05) is 11.4 Å². The second-order valence-electron chi connectivity index (χ2n) is 4.62. The Bertz CT molecular complexity index is 701. The van der Waals surface area contributed by atoms with Crippen molar-refractivity contribution in [2.24, 2.45) is 0 Å². The molecule has 98 valence electrons. The molecule has 2 aromatic rings. The summed E-state index contributed by atoms with van der Waals surface area (Å²) < 4.78 is 10.6. The molecule has 2 N–H and O–H groups in total. The summed E-state index contributed by atoms with van der Waals surface area (Å²) in [6.45, 7) is 0. The van der Waals surface area contributed by atoms with Gasteiger partial charge in [-0.05, 0) is 25.0 Å². The first-order valence-electron chi connectivity index (χ1n) is 6.15. The van der Waals surface area contributed by atoms with E-state index in [4.69, 9.17) is 14.6 Å². The topological polar surface area (TPSA) is 75.3 Å². The monoisotopic (exact) mass is 258 g/mol. The highest BCUT2D eigenvalue weighted by atomic mass is 16.5. The van der Waals surface area contributed by atoms with E-state index in [1.54, 1.807) is 19.2 Å². The fourth-order valence-corrected chi connectivity index (χ4v) is 1.95. The minimum Gasteiger partial charge on any atom is -0.493 e. The Morgan fingerprint density at radius 2 is 2.26 bits per heavy atom. The van der Waals surface area contributed by atoms with Crippen molar-refractivity contribution in [1.82, 2.24) is 5.32 Å². The summed E-state index contributed by atoms with van der Waals surface area (Å²) in [5.41, 5.74) is 0.598.